The molecule has 0 fully saturated rings. The van der Waals surface area contributed by atoms with Gasteiger partial charge in [0.05, 0.1) is 31.2 Å². The molecule has 0 spiro atoms. The molecule has 1 rings (SSSR count). The van der Waals surface area contributed by atoms with Crippen LogP contribution in [0.5, 0.6) is 0 Å². The van der Waals surface area contributed by atoms with Crippen LogP contribution in [0.3, 0.4) is 0 Å². The molecule has 18 heavy (non-hydrogen) atoms. The van der Waals surface area contributed by atoms with Crippen molar-refractivity contribution in [2.75, 3.05) is 0 Å². The predicted molar refractivity (Wildman–Crippen MR) is 74.9 cm³/mol. The summed E-state index contributed by atoms with van der Waals surface area (Å²) in [6, 6.07) is 0. The van der Waals surface area contributed by atoms with E-state index in [2.05, 4.69) is 0 Å². The number of hydrogen-bond acceptors (Lipinski definition) is 2. The third-order valence-corrected chi connectivity index (χ3v) is 3.50. The Morgan fingerprint density at radius 3 is 1.06 bits per heavy atom. The third-order valence-electron chi connectivity index (χ3n) is 1.69. The molecule has 0 aliphatic heterocycles. The van der Waals surface area contributed by atoms with Crippen LogP contribution in [0.1, 0.15) is 20.7 Å². The van der Waals surface area contributed by atoms with Crippen LogP contribution in [0.4, 0.5) is 0 Å². The number of rotatable bonds is 2. The van der Waals surface area contributed by atoms with Crippen molar-refractivity contribution in [1.82, 2.24) is 0 Å². The highest BCUT2D eigenvalue weighted by molar-refractivity contribution is 6.53. The number of benzene rings is 1. The zero-order valence-corrected chi connectivity index (χ0v) is 12.7. The molecule has 0 aromatic heterocycles. The fraction of sp³-hybridized carbons (Fsp3) is 0. The van der Waals surface area contributed by atoms with Gasteiger partial charge in [0.15, 0.2) is 0 Å². The molecule has 102 valence electrons. The zero-order chi connectivity index (χ0) is 12.6. The van der Waals surface area contributed by atoms with E-state index in [4.69, 9.17) is 56.6 Å². The second-order valence-electron chi connectivity index (χ2n) is 2.62. The van der Waals surface area contributed by atoms with Gasteiger partial charge < -0.3 is 10.2 Å². The van der Waals surface area contributed by atoms with Crippen LogP contribution in [0.15, 0.2) is 0 Å². The van der Waals surface area contributed by atoms with E-state index in [0.717, 1.165) is 0 Å². The van der Waals surface area contributed by atoms with E-state index in [1.165, 1.54) is 0 Å². The largest absolute Gasteiger partial charge is 0.478 e. The summed E-state index contributed by atoms with van der Waals surface area (Å²) in [6.45, 7) is 0. The van der Waals surface area contributed by atoms with Crippen LogP contribution in [-0.2, 0) is 0 Å². The fourth-order valence-electron chi connectivity index (χ4n) is 1.03. The molecule has 0 aliphatic carbocycles. The Kier molecular flexibility index (Phi) is 8.40. The minimum absolute atomic E-state index is 0. The second kappa shape index (κ2) is 7.48. The van der Waals surface area contributed by atoms with Gasteiger partial charge in [-0.25, -0.2) is 9.59 Å². The Labute approximate surface area is 134 Å². The minimum Gasteiger partial charge on any atom is -0.478 e. The molecule has 1 aromatic rings. The van der Waals surface area contributed by atoms with E-state index in [1.54, 1.807) is 0 Å². The van der Waals surface area contributed by atoms with E-state index in [9.17, 15) is 9.59 Å². The number of hydrogen-bond donors (Lipinski definition) is 2. The monoisotopic (exact) mass is 374 g/mol. The first kappa shape index (κ1) is 20.2. The number of halogens is 6. The number of aromatic carboxylic acids is 2. The molecule has 0 amide bonds. The number of carboxylic acid groups (broad SMARTS) is 2. The summed E-state index contributed by atoms with van der Waals surface area (Å²) in [5, 5.41) is 16.1. The van der Waals surface area contributed by atoms with Crippen molar-refractivity contribution in [3.8, 4) is 0 Å². The third kappa shape index (κ3) is 3.47. The SMILES string of the molecule is Cl.Cl.O=C(O)c1c(Cl)c(Cl)c(Cl)c(Cl)c1C(=O)O. The lowest BCUT2D eigenvalue weighted by Crippen LogP contribution is -2.10. The molecule has 0 saturated heterocycles. The zero-order valence-electron chi connectivity index (χ0n) is 8.04. The molecular formula is C8H4Cl6O4. The molecule has 10 heteroatoms. The highest BCUT2D eigenvalue weighted by atomic mass is 35.5. The van der Waals surface area contributed by atoms with Crippen molar-refractivity contribution < 1.29 is 19.8 Å². The van der Waals surface area contributed by atoms with Gasteiger partial charge in [0, 0.05) is 0 Å². The molecular weight excluding hydrogens is 373 g/mol. The van der Waals surface area contributed by atoms with Crippen molar-refractivity contribution >= 4 is 83.2 Å². The average Bonchev–Trinajstić information content (AvgIpc) is 2.18. The van der Waals surface area contributed by atoms with Crippen molar-refractivity contribution in [2.45, 2.75) is 0 Å². The highest BCUT2D eigenvalue weighted by Crippen LogP contribution is 2.41. The Hall–Kier alpha value is -0.100. The summed E-state index contributed by atoms with van der Waals surface area (Å²) >= 11 is 22.4. The van der Waals surface area contributed by atoms with Gasteiger partial charge in [-0.1, -0.05) is 46.4 Å². The van der Waals surface area contributed by atoms with Crippen molar-refractivity contribution in [3.63, 3.8) is 0 Å². The molecule has 0 saturated carbocycles. The highest BCUT2D eigenvalue weighted by Gasteiger charge is 2.28. The first-order valence-electron chi connectivity index (χ1n) is 3.61. The molecule has 0 heterocycles. The maximum absolute atomic E-state index is 10.9. The fourth-order valence-corrected chi connectivity index (χ4v) is 2.05. The lowest BCUT2D eigenvalue weighted by Gasteiger charge is -2.10. The molecule has 2 N–H and O–H groups in total. The summed E-state index contributed by atoms with van der Waals surface area (Å²) < 4.78 is 0. The molecule has 4 nitrogen and oxygen atoms in total. The van der Waals surface area contributed by atoms with Gasteiger partial charge in [0.25, 0.3) is 0 Å². The van der Waals surface area contributed by atoms with E-state index < -0.39 is 33.1 Å². The normalized spacial score (nSPS) is 9.11. The topological polar surface area (TPSA) is 74.6 Å². The van der Waals surface area contributed by atoms with Crippen molar-refractivity contribution in [1.29, 1.82) is 0 Å². The van der Waals surface area contributed by atoms with Crippen molar-refractivity contribution in [3.05, 3.63) is 31.2 Å². The summed E-state index contributed by atoms with van der Waals surface area (Å²) in [5.74, 6) is -3.11. The predicted octanol–water partition coefficient (Wildman–Crippen LogP) is 4.54. The van der Waals surface area contributed by atoms with Gasteiger partial charge in [-0.3, -0.25) is 0 Å². The first-order valence-corrected chi connectivity index (χ1v) is 5.12. The molecule has 0 aliphatic rings. The summed E-state index contributed by atoms with van der Waals surface area (Å²) in [4.78, 5) is 21.7. The van der Waals surface area contributed by atoms with E-state index >= 15 is 0 Å². The minimum atomic E-state index is -1.55. The smallest absolute Gasteiger partial charge is 0.338 e. The standard InChI is InChI=1S/C8H2Cl4O4.2ClH/c9-3-1(7(13)14)2(8(15)16)4(10)6(12)5(3)11;;/h(H,13,14)(H,15,16);2*1H. The average molecular weight is 377 g/mol. The molecule has 0 radical (unpaired) electrons. The second-order valence-corrected chi connectivity index (χ2v) is 4.13. The Morgan fingerprint density at radius 2 is 0.889 bits per heavy atom. The summed E-state index contributed by atoms with van der Waals surface area (Å²) in [7, 11) is 0. The van der Waals surface area contributed by atoms with Gasteiger partial charge in [0.2, 0.25) is 0 Å². The first-order chi connectivity index (χ1) is 7.29. The Balaban J connectivity index is 0. The van der Waals surface area contributed by atoms with Crippen LogP contribution in [0, 0.1) is 0 Å². The van der Waals surface area contributed by atoms with Crippen LogP contribution in [0.2, 0.25) is 20.1 Å². The number of carboxylic acids is 2. The van der Waals surface area contributed by atoms with E-state index in [-0.39, 0.29) is 34.9 Å². The van der Waals surface area contributed by atoms with Crippen LogP contribution >= 0.6 is 71.2 Å². The number of carbonyl (C=O) groups is 2. The molecule has 0 unspecified atom stereocenters. The molecule has 1 aromatic carbocycles. The van der Waals surface area contributed by atoms with Gasteiger partial charge in [-0.2, -0.15) is 0 Å². The lowest BCUT2D eigenvalue weighted by atomic mass is 10.1. The van der Waals surface area contributed by atoms with E-state index in [0.29, 0.717) is 0 Å². The summed E-state index contributed by atoms with van der Waals surface area (Å²) in [6.07, 6.45) is 0. The Morgan fingerprint density at radius 1 is 0.667 bits per heavy atom. The quantitative estimate of drug-likeness (QED) is 0.587. The van der Waals surface area contributed by atoms with Crippen LogP contribution in [0.25, 0.3) is 0 Å². The van der Waals surface area contributed by atoms with Gasteiger partial charge in [-0.05, 0) is 0 Å². The molecule has 0 atom stereocenters. The van der Waals surface area contributed by atoms with Crippen molar-refractivity contribution in [2.24, 2.45) is 0 Å². The van der Waals surface area contributed by atoms with Gasteiger partial charge in [0.1, 0.15) is 0 Å². The maximum atomic E-state index is 10.9. The molecule has 0 bridgehead atoms. The Bertz CT molecular complexity index is 456. The van der Waals surface area contributed by atoms with Crippen LogP contribution in [-0.4, -0.2) is 22.2 Å². The van der Waals surface area contributed by atoms with Crippen LogP contribution < -0.4 is 0 Å². The lowest BCUT2D eigenvalue weighted by molar-refractivity contribution is 0.0652. The van der Waals surface area contributed by atoms with Gasteiger partial charge >= 0.3 is 11.9 Å². The summed E-state index contributed by atoms with van der Waals surface area (Å²) in [5.41, 5.74) is -1.37. The maximum Gasteiger partial charge on any atom is 0.338 e. The van der Waals surface area contributed by atoms with Gasteiger partial charge in [-0.15, -0.1) is 24.8 Å². The van der Waals surface area contributed by atoms with E-state index in [1.807, 2.05) is 0 Å².